The van der Waals surface area contributed by atoms with Crippen LogP contribution in [0.4, 0.5) is 34.1 Å². The molecule has 18 nitrogen and oxygen atoms in total. The Labute approximate surface area is 468 Å². The molecule has 8 aromatic rings. The summed E-state index contributed by atoms with van der Waals surface area (Å²) in [7, 11) is -6.57. The number of nitrogens with one attached hydrogen (secondary N) is 1. The molecule has 23 heteroatoms. The Morgan fingerprint density at radius 3 is 1.59 bits per heavy atom. The first-order valence-electron chi connectivity index (χ1n) is 20.9. The van der Waals surface area contributed by atoms with E-state index < -0.39 is 53.3 Å². The van der Waals surface area contributed by atoms with Crippen molar-refractivity contribution in [2.45, 2.75) is 23.6 Å². The van der Waals surface area contributed by atoms with Gasteiger partial charge in [-0.05, 0) is 108 Å². The number of phenolic OH excluding ortho intramolecular Hbond substituents is 1. The summed E-state index contributed by atoms with van der Waals surface area (Å²) in [4.78, 5) is 15.9. The molecule has 0 aromatic heterocycles. The molecule has 0 aliphatic heterocycles. The number of hydrogen-bond acceptors (Lipinski definition) is 15. The van der Waals surface area contributed by atoms with Crippen molar-refractivity contribution in [3.8, 4) is 23.0 Å². The Balaban J connectivity index is 0.000000235. The third-order valence-electron chi connectivity index (χ3n) is 10.5. The Morgan fingerprint density at radius 1 is 0.603 bits per heavy atom. The topological polar surface area (TPSA) is 284 Å². The van der Waals surface area contributed by atoms with E-state index in [0.29, 0.717) is 49.9 Å². The second-order valence-electron chi connectivity index (χ2n) is 15.4. The minimum absolute atomic E-state index is 0. The molecule has 0 fully saturated rings. The van der Waals surface area contributed by atoms with Gasteiger partial charge >= 0.3 is 48.9 Å². The molecule has 0 radical (unpaired) electrons. The van der Waals surface area contributed by atoms with Crippen molar-refractivity contribution in [3.63, 3.8) is 0 Å². The Hall–Kier alpha value is -6.41. The van der Waals surface area contributed by atoms with Crippen LogP contribution in [0.25, 0.3) is 21.5 Å². The quantitative estimate of drug-likeness (QED) is 0.0292. The number of carbonyl (C=O) groups excluding carboxylic acids is 1. The zero-order valence-corrected chi connectivity index (χ0v) is 46.3. The number of aliphatic imine (C=N–C) groups is 1. The number of rotatable bonds is 12. The van der Waals surface area contributed by atoms with Crippen LogP contribution < -0.4 is 25.0 Å². The Bertz CT molecular complexity index is 3790. The molecular formula is C50H38BaCl2N6O12S2. The van der Waals surface area contributed by atoms with Crippen molar-refractivity contribution in [1.82, 2.24) is 0 Å². The van der Waals surface area contributed by atoms with E-state index in [0.717, 1.165) is 0 Å². The summed E-state index contributed by atoms with van der Waals surface area (Å²) in [6.45, 7) is 3.31. The summed E-state index contributed by atoms with van der Waals surface area (Å²) in [6.07, 6.45) is 0. The number of carbonyl (C=O) groups is 1. The number of para-hydroxylation sites is 4. The maximum absolute atomic E-state index is 13.3. The fourth-order valence-electron chi connectivity index (χ4n) is 7.28. The number of benzene rings is 8. The van der Waals surface area contributed by atoms with Crippen LogP contribution in [-0.2, 0) is 20.2 Å². The van der Waals surface area contributed by atoms with Crippen LogP contribution >= 0.6 is 23.2 Å². The summed E-state index contributed by atoms with van der Waals surface area (Å²) in [5.41, 5.74) is 0.644. The number of azo groups is 2. The van der Waals surface area contributed by atoms with Gasteiger partial charge < -0.3 is 30.1 Å². The van der Waals surface area contributed by atoms with E-state index in [1.807, 2.05) is 0 Å². The fraction of sp³-hybridized carbons (Fsp3) is 0.0800. The number of amides is 1. The van der Waals surface area contributed by atoms with E-state index in [4.69, 9.17) is 32.7 Å². The van der Waals surface area contributed by atoms with Crippen molar-refractivity contribution in [2.75, 3.05) is 19.5 Å². The molecule has 0 aliphatic carbocycles. The van der Waals surface area contributed by atoms with E-state index in [-0.39, 0.29) is 98.5 Å². The molecule has 4 N–H and O–H groups in total. The van der Waals surface area contributed by atoms with Crippen molar-refractivity contribution >= 4 is 160 Å². The maximum atomic E-state index is 13.3. The monoisotopic (exact) mass is 1190 g/mol. The minimum atomic E-state index is -4.75. The average Bonchev–Trinajstić information content (AvgIpc) is 3.32. The summed E-state index contributed by atoms with van der Waals surface area (Å²) in [5, 5.41) is 57.5. The molecule has 0 spiro atoms. The van der Waals surface area contributed by atoms with Gasteiger partial charge in [-0.15, -0.1) is 15.3 Å². The summed E-state index contributed by atoms with van der Waals surface area (Å²) < 4.78 is 77.3. The molecule has 368 valence electrons. The second-order valence-corrected chi connectivity index (χ2v) is 19.0. The number of phenols is 1. The van der Waals surface area contributed by atoms with Crippen LogP contribution in [0, 0.1) is 13.8 Å². The molecule has 73 heavy (non-hydrogen) atoms. The Kier molecular flexibility index (Phi) is 18.1. The first kappa shape index (κ1) is 55.9. The zero-order valence-electron chi connectivity index (χ0n) is 38.7. The largest absolute Gasteiger partial charge is 2.00 e. The summed E-state index contributed by atoms with van der Waals surface area (Å²) in [5.74, 6) is -1.89. The fourth-order valence-corrected chi connectivity index (χ4v) is 9.74. The van der Waals surface area contributed by atoms with Crippen LogP contribution in [0.1, 0.15) is 27.0 Å². The van der Waals surface area contributed by atoms with Crippen molar-refractivity contribution in [1.29, 1.82) is 0 Å². The molecule has 0 unspecified atom stereocenters. The molecule has 0 atom stereocenters. The predicted octanol–water partition coefficient (Wildman–Crippen LogP) is 11.0. The number of halogens is 2. The standard InChI is InChI=1S/2C25H20ClN3O6S.Ba/c2*1-14-11-18(26)24(36(32,33)34)20(12-14)28-29-22-16-8-4-3-7-15(16)13-17(23(22)30)25(31)27-19-9-5-6-10-21(19)35-2;/h2*3-13,30H,1-2H3,(H,27,31)(H,32,33,34);/q;;+2/p-2. The van der Waals surface area contributed by atoms with Crippen molar-refractivity contribution < 1.29 is 55.5 Å². The van der Waals surface area contributed by atoms with Gasteiger partial charge in [0.05, 0.1) is 41.2 Å². The van der Waals surface area contributed by atoms with Crippen LogP contribution in [0.3, 0.4) is 0 Å². The summed E-state index contributed by atoms with van der Waals surface area (Å²) in [6, 6.07) is 35.2. The van der Waals surface area contributed by atoms with Crippen LogP contribution in [-0.4, -0.2) is 106 Å². The Morgan fingerprint density at radius 2 is 1.05 bits per heavy atom. The van der Waals surface area contributed by atoms with E-state index in [1.54, 1.807) is 111 Å². The molecule has 0 saturated carbocycles. The number of nitrogens with zero attached hydrogens (tertiary/aromatic N) is 5. The van der Waals surface area contributed by atoms with E-state index in [1.165, 1.54) is 50.6 Å². The van der Waals surface area contributed by atoms with Gasteiger partial charge in [0, 0.05) is 10.8 Å². The van der Waals surface area contributed by atoms with Gasteiger partial charge in [0.25, 0.3) is 26.1 Å². The minimum Gasteiger partial charge on any atom is -0.871 e. The van der Waals surface area contributed by atoms with E-state index >= 15 is 0 Å². The predicted molar refractivity (Wildman–Crippen MR) is 275 cm³/mol. The van der Waals surface area contributed by atoms with Crippen LogP contribution in [0.5, 0.6) is 23.0 Å². The van der Waals surface area contributed by atoms with Gasteiger partial charge in [-0.25, -0.2) is 0 Å². The van der Waals surface area contributed by atoms with Gasteiger partial charge in [-0.2, -0.15) is 21.9 Å². The maximum Gasteiger partial charge on any atom is 2.00 e. The molecule has 0 saturated heterocycles. The molecular weight excluding hydrogens is 1150 g/mol. The first-order valence-corrected chi connectivity index (χ1v) is 24.5. The third-order valence-corrected chi connectivity index (χ3v) is 13.2. The van der Waals surface area contributed by atoms with Crippen LogP contribution in [0.15, 0.2) is 169 Å². The molecule has 8 rings (SSSR count). The van der Waals surface area contributed by atoms with Gasteiger partial charge in [-0.3, -0.25) is 18.9 Å². The van der Waals surface area contributed by atoms with Crippen LogP contribution in [0.2, 0.25) is 10.0 Å². The van der Waals surface area contributed by atoms with E-state index in [2.05, 4.69) is 30.8 Å². The second kappa shape index (κ2) is 23.6. The summed E-state index contributed by atoms with van der Waals surface area (Å²) >= 11 is 12.1. The number of hydrogen-bond donors (Lipinski definition) is 4. The molecule has 0 aliphatic rings. The average molecular weight is 1190 g/mol. The number of aryl methyl sites for hydroxylation is 2. The smallest absolute Gasteiger partial charge is 0.871 e. The van der Waals surface area contributed by atoms with Gasteiger partial charge in [-0.1, -0.05) is 102 Å². The van der Waals surface area contributed by atoms with E-state index in [9.17, 15) is 46.1 Å². The van der Waals surface area contributed by atoms with Crippen molar-refractivity contribution in [3.05, 3.63) is 166 Å². The number of aromatic hydroxyl groups is 1. The van der Waals surface area contributed by atoms with Gasteiger partial charge in [0.1, 0.15) is 44.0 Å². The molecule has 8 aromatic carbocycles. The zero-order chi connectivity index (χ0) is 52.1. The van der Waals surface area contributed by atoms with Gasteiger partial charge in [0.15, 0.2) is 5.75 Å². The third kappa shape index (κ3) is 12.9. The number of methoxy groups -OCH3 is 2. The number of fused-ring (bicyclic) bond motifs is 2. The SMILES string of the molecule is COc1ccccc1N=C([O-])c1cc2ccccc2c(N=Nc2cc(C)cc(Cl)c2S(=O)(=O)O)c1[O-].COc1ccccc1NC(=O)c1cc2ccccc2c(N=Nc2cc(C)cc(Cl)c2S(=O)(=O)O)c1O.[Ba+2]. The van der Waals surface area contributed by atoms with Crippen molar-refractivity contribution in [2.24, 2.45) is 25.4 Å². The first-order chi connectivity index (χ1) is 34.2. The van der Waals surface area contributed by atoms with Gasteiger partial charge in [0.2, 0.25) is 0 Å². The molecule has 0 heterocycles. The number of anilines is 1. The molecule has 1 amide bonds. The molecule has 0 bridgehead atoms. The number of ether oxygens (including phenoxy) is 2. The normalized spacial score (nSPS) is 11.9.